The minimum atomic E-state index is 0.729. The lowest BCUT2D eigenvalue weighted by molar-refractivity contribution is 0.569. The van der Waals surface area contributed by atoms with Gasteiger partial charge in [0.2, 0.25) is 0 Å². The third kappa shape index (κ3) is 2.21. The Hall–Kier alpha value is -1.29. The SMILES string of the molecule is CCC1CCN(c2ccnc(NN)c2)C1. The van der Waals surface area contributed by atoms with E-state index in [1.54, 1.807) is 6.20 Å². The molecule has 82 valence electrons. The number of hydrazine groups is 1. The molecule has 1 unspecified atom stereocenters. The van der Waals surface area contributed by atoms with Gasteiger partial charge in [-0.1, -0.05) is 13.3 Å². The number of nitrogen functional groups attached to an aromatic ring is 1. The maximum Gasteiger partial charge on any atom is 0.141 e. The lowest BCUT2D eigenvalue weighted by Crippen LogP contribution is -2.20. The van der Waals surface area contributed by atoms with E-state index in [1.165, 1.54) is 18.5 Å². The van der Waals surface area contributed by atoms with Crippen molar-refractivity contribution in [3.8, 4) is 0 Å². The number of nitrogens with two attached hydrogens (primary N) is 1. The molecule has 1 fully saturated rings. The first kappa shape index (κ1) is 10.2. The van der Waals surface area contributed by atoms with Crippen LogP contribution in [0, 0.1) is 5.92 Å². The van der Waals surface area contributed by atoms with Gasteiger partial charge in [-0.25, -0.2) is 10.8 Å². The maximum absolute atomic E-state index is 5.34. The average Bonchev–Trinajstić information content (AvgIpc) is 2.78. The van der Waals surface area contributed by atoms with Crippen molar-refractivity contribution in [2.24, 2.45) is 11.8 Å². The third-order valence-corrected chi connectivity index (χ3v) is 3.12. The zero-order valence-electron chi connectivity index (χ0n) is 9.11. The molecule has 2 heterocycles. The van der Waals surface area contributed by atoms with E-state index in [0.29, 0.717) is 0 Å². The number of hydrogen-bond donors (Lipinski definition) is 2. The van der Waals surface area contributed by atoms with Crippen LogP contribution in [0.25, 0.3) is 0 Å². The largest absolute Gasteiger partial charge is 0.371 e. The molecule has 15 heavy (non-hydrogen) atoms. The quantitative estimate of drug-likeness (QED) is 0.582. The molecule has 3 N–H and O–H groups in total. The third-order valence-electron chi connectivity index (χ3n) is 3.12. The molecule has 4 heteroatoms. The Bertz CT molecular complexity index is 326. The number of rotatable bonds is 3. The summed E-state index contributed by atoms with van der Waals surface area (Å²) in [7, 11) is 0. The highest BCUT2D eigenvalue weighted by Crippen LogP contribution is 2.26. The van der Waals surface area contributed by atoms with Crippen LogP contribution in [-0.2, 0) is 0 Å². The van der Waals surface area contributed by atoms with Crippen molar-refractivity contribution in [1.29, 1.82) is 0 Å². The van der Waals surface area contributed by atoms with Gasteiger partial charge < -0.3 is 10.3 Å². The summed E-state index contributed by atoms with van der Waals surface area (Å²) in [5, 5.41) is 0. The minimum Gasteiger partial charge on any atom is -0.371 e. The first-order valence-electron chi connectivity index (χ1n) is 5.51. The number of nitrogens with one attached hydrogen (secondary N) is 1. The summed E-state index contributed by atoms with van der Waals surface area (Å²) in [4.78, 5) is 6.51. The standard InChI is InChI=1S/C11H18N4/c1-2-9-4-6-15(8-9)10-3-5-13-11(7-10)14-12/h3,5,7,9H,2,4,6,8,12H2,1H3,(H,13,14). The summed E-state index contributed by atoms with van der Waals surface area (Å²) < 4.78 is 0. The number of pyridine rings is 1. The fourth-order valence-corrected chi connectivity index (χ4v) is 2.10. The van der Waals surface area contributed by atoms with Gasteiger partial charge in [-0.3, -0.25) is 0 Å². The van der Waals surface area contributed by atoms with E-state index in [-0.39, 0.29) is 0 Å². The van der Waals surface area contributed by atoms with Crippen LogP contribution in [0.15, 0.2) is 18.3 Å². The summed E-state index contributed by atoms with van der Waals surface area (Å²) in [6.45, 7) is 4.56. The molecule has 1 aliphatic heterocycles. The van der Waals surface area contributed by atoms with Crippen molar-refractivity contribution < 1.29 is 0 Å². The molecule has 0 aliphatic carbocycles. The second-order valence-corrected chi connectivity index (χ2v) is 4.05. The molecule has 0 saturated carbocycles. The van der Waals surface area contributed by atoms with Crippen molar-refractivity contribution in [3.63, 3.8) is 0 Å². The van der Waals surface area contributed by atoms with E-state index < -0.39 is 0 Å². The molecule has 1 saturated heterocycles. The first-order valence-corrected chi connectivity index (χ1v) is 5.51. The molecule has 0 amide bonds. The van der Waals surface area contributed by atoms with Crippen LogP contribution < -0.4 is 16.2 Å². The average molecular weight is 206 g/mol. The smallest absolute Gasteiger partial charge is 0.141 e. The monoisotopic (exact) mass is 206 g/mol. The zero-order valence-corrected chi connectivity index (χ0v) is 9.11. The second-order valence-electron chi connectivity index (χ2n) is 4.05. The van der Waals surface area contributed by atoms with Gasteiger partial charge in [-0.05, 0) is 18.4 Å². The minimum absolute atomic E-state index is 0.729. The van der Waals surface area contributed by atoms with Crippen molar-refractivity contribution >= 4 is 11.5 Å². The number of hydrogen-bond acceptors (Lipinski definition) is 4. The Labute approximate surface area is 90.5 Å². The zero-order chi connectivity index (χ0) is 10.7. The lowest BCUT2D eigenvalue weighted by Gasteiger charge is -2.18. The molecule has 1 aromatic heterocycles. The van der Waals surface area contributed by atoms with Gasteiger partial charge in [0.1, 0.15) is 5.82 Å². The summed E-state index contributed by atoms with van der Waals surface area (Å²) in [5.74, 6) is 6.91. The molecule has 4 nitrogen and oxygen atoms in total. The van der Waals surface area contributed by atoms with Gasteiger partial charge in [-0.15, -0.1) is 0 Å². The first-order chi connectivity index (χ1) is 7.33. The Morgan fingerprint density at radius 1 is 1.67 bits per heavy atom. The number of nitrogens with zero attached hydrogens (tertiary/aromatic N) is 2. The molecule has 1 atom stereocenters. The van der Waals surface area contributed by atoms with E-state index in [2.05, 4.69) is 22.2 Å². The van der Waals surface area contributed by atoms with Gasteiger partial charge >= 0.3 is 0 Å². The van der Waals surface area contributed by atoms with E-state index in [0.717, 1.165) is 24.8 Å². The Kier molecular flexibility index (Phi) is 3.06. The van der Waals surface area contributed by atoms with Crippen LogP contribution in [0.5, 0.6) is 0 Å². The Morgan fingerprint density at radius 2 is 2.53 bits per heavy atom. The Balaban J connectivity index is 2.09. The van der Waals surface area contributed by atoms with E-state index in [9.17, 15) is 0 Å². The fraction of sp³-hybridized carbons (Fsp3) is 0.545. The molecule has 0 bridgehead atoms. The van der Waals surface area contributed by atoms with Crippen LogP contribution in [0.2, 0.25) is 0 Å². The summed E-state index contributed by atoms with van der Waals surface area (Å²) in [6, 6.07) is 4.04. The second kappa shape index (κ2) is 4.49. The molecule has 2 rings (SSSR count). The van der Waals surface area contributed by atoms with Crippen molar-refractivity contribution in [2.75, 3.05) is 23.4 Å². The molecule has 0 spiro atoms. The highest BCUT2D eigenvalue weighted by Gasteiger charge is 2.21. The van der Waals surface area contributed by atoms with Crippen molar-refractivity contribution in [1.82, 2.24) is 4.98 Å². The molecule has 1 aliphatic rings. The molecular formula is C11H18N4. The normalized spacial score (nSPS) is 20.7. The van der Waals surface area contributed by atoms with Crippen molar-refractivity contribution in [2.45, 2.75) is 19.8 Å². The molecular weight excluding hydrogens is 188 g/mol. The summed E-state index contributed by atoms with van der Waals surface area (Å²) in [5.41, 5.74) is 3.79. The van der Waals surface area contributed by atoms with E-state index >= 15 is 0 Å². The Morgan fingerprint density at radius 3 is 3.20 bits per heavy atom. The van der Waals surface area contributed by atoms with Crippen LogP contribution in [0.3, 0.4) is 0 Å². The lowest BCUT2D eigenvalue weighted by atomic mass is 10.1. The molecule has 1 aromatic rings. The van der Waals surface area contributed by atoms with E-state index in [1.807, 2.05) is 12.1 Å². The topological polar surface area (TPSA) is 54.2 Å². The highest BCUT2D eigenvalue weighted by atomic mass is 15.3. The van der Waals surface area contributed by atoms with Gasteiger partial charge in [-0.2, -0.15) is 0 Å². The van der Waals surface area contributed by atoms with Crippen LogP contribution in [-0.4, -0.2) is 18.1 Å². The van der Waals surface area contributed by atoms with Gasteiger partial charge in [0.25, 0.3) is 0 Å². The van der Waals surface area contributed by atoms with Crippen LogP contribution in [0.1, 0.15) is 19.8 Å². The summed E-state index contributed by atoms with van der Waals surface area (Å²) in [6.07, 6.45) is 4.36. The van der Waals surface area contributed by atoms with Crippen molar-refractivity contribution in [3.05, 3.63) is 18.3 Å². The van der Waals surface area contributed by atoms with Gasteiger partial charge in [0.15, 0.2) is 0 Å². The van der Waals surface area contributed by atoms with Crippen LogP contribution >= 0.6 is 0 Å². The van der Waals surface area contributed by atoms with Gasteiger partial charge in [0.05, 0.1) is 0 Å². The predicted molar refractivity (Wildman–Crippen MR) is 62.7 cm³/mol. The number of anilines is 2. The van der Waals surface area contributed by atoms with Gasteiger partial charge in [0, 0.05) is 31.0 Å². The maximum atomic E-state index is 5.34. The predicted octanol–water partition coefficient (Wildman–Crippen LogP) is 1.60. The fourth-order valence-electron chi connectivity index (χ4n) is 2.10. The van der Waals surface area contributed by atoms with E-state index in [4.69, 9.17) is 5.84 Å². The van der Waals surface area contributed by atoms with Crippen LogP contribution in [0.4, 0.5) is 11.5 Å². The molecule has 0 aromatic carbocycles. The molecule has 0 radical (unpaired) electrons. The highest BCUT2D eigenvalue weighted by molar-refractivity contribution is 5.53. The number of aromatic nitrogens is 1. The summed E-state index contributed by atoms with van der Waals surface area (Å²) >= 11 is 0.